The van der Waals surface area contributed by atoms with E-state index >= 15 is 0 Å². The third-order valence-corrected chi connectivity index (χ3v) is 8.84. The lowest BCUT2D eigenvalue weighted by Crippen LogP contribution is -2.51. The Kier molecular flexibility index (Phi) is 6.94. The van der Waals surface area contributed by atoms with Crippen LogP contribution in [0.1, 0.15) is 72.6 Å². The molecule has 200 valence electrons. The van der Waals surface area contributed by atoms with Gasteiger partial charge in [-0.05, 0) is 48.6 Å². The fraction of sp³-hybridized carbons (Fsp3) is 0.364. The van der Waals surface area contributed by atoms with Gasteiger partial charge in [-0.1, -0.05) is 79.6 Å². The van der Waals surface area contributed by atoms with Crippen molar-refractivity contribution in [1.82, 2.24) is 10.2 Å². The van der Waals surface area contributed by atoms with E-state index in [4.69, 9.17) is 0 Å². The predicted molar refractivity (Wildman–Crippen MR) is 151 cm³/mol. The van der Waals surface area contributed by atoms with Crippen molar-refractivity contribution in [2.24, 2.45) is 11.8 Å². The number of likely N-dealkylation sites (tertiary alicyclic amines) is 1. The molecule has 3 aromatic carbocycles. The van der Waals surface area contributed by atoms with Gasteiger partial charge in [0.2, 0.25) is 11.8 Å². The molecule has 2 fully saturated rings. The first-order valence-corrected chi connectivity index (χ1v) is 14.1. The Morgan fingerprint density at radius 1 is 0.769 bits per heavy atom. The summed E-state index contributed by atoms with van der Waals surface area (Å²) in [4.78, 5) is 44.4. The molecule has 0 spiro atoms. The molecule has 0 aromatic heterocycles. The van der Waals surface area contributed by atoms with Gasteiger partial charge in [-0.25, -0.2) is 0 Å². The summed E-state index contributed by atoms with van der Waals surface area (Å²) in [6.45, 7) is 2.28. The number of nitrogens with one attached hydrogen (secondary N) is 1. The van der Waals surface area contributed by atoms with E-state index in [1.807, 2.05) is 71.6 Å². The van der Waals surface area contributed by atoms with Gasteiger partial charge in [0.15, 0.2) is 0 Å². The van der Waals surface area contributed by atoms with Crippen LogP contribution in [0.5, 0.6) is 0 Å². The van der Waals surface area contributed by atoms with Crippen LogP contribution in [0.3, 0.4) is 0 Å². The monoisotopic (exact) mass is 521 g/mol. The maximum atomic E-state index is 14.3. The van der Waals surface area contributed by atoms with Gasteiger partial charge in [-0.3, -0.25) is 14.4 Å². The molecule has 3 amide bonds. The van der Waals surface area contributed by atoms with Crippen molar-refractivity contribution in [2.45, 2.75) is 57.2 Å². The van der Waals surface area contributed by atoms with Gasteiger partial charge in [0.1, 0.15) is 0 Å². The van der Waals surface area contributed by atoms with Gasteiger partial charge < -0.3 is 15.1 Å². The number of carbonyl (C=O) groups excluding carboxylic acids is 3. The minimum absolute atomic E-state index is 0.00972. The minimum Gasteiger partial charge on any atom is -0.349 e. The molecule has 39 heavy (non-hydrogen) atoms. The second-order valence-electron chi connectivity index (χ2n) is 11.1. The maximum absolute atomic E-state index is 14.3. The van der Waals surface area contributed by atoms with Crippen molar-refractivity contribution in [2.75, 3.05) is 11.4 Å². The van der Waals surface area contributed by atoms with Crippen LogP contribution in [0.25, 0.3) is 0 Å². The molecule has 3 aromatic rings. The Balaban J connectivity index is 1.33. The lowest BCUT2D eigenvalue weighted by Gasteiger charge is -2.46. The molecule has 0 bridgehead atoms. The minimum atomic E-state index is -0.252. The highest BCUT2D eigenvalue weighted by molar-refractivity contribution is 5.96. The van der Waals surface area contributed by atoms with Crippen LogP contribution in [-0.2, 0) is 9.59 Å². The van der Waals surface area contributed by atoms with Crippen LogP contribution in [0, 0.1) is 11.8 Å². The van der Waals surface area contributed by atoms with Crippen LogP contribution < -0.4 is 10.2 Å². The Hall–Kier alpha value is -3.93. The van der Waals surface area contributed by atoms with E-state index in [0.717, 1.165) is 48.9 Å². The summed E-state index contributed by atoms with van der Waals surface area (Å²) in [5.74, 6) is -0.146. The first kappa shape index (κ1) is 25.4. The first-order chi connectivity index (χ1) is 19.0. The zero-order chi connectivity index (χ0) is 26.9. The summed E-state index contributed by atoms with van der Waals surface area (Å²) in [5, 5.41) is 3.20. The highest BCUT2D eigenvalue weighted by atomic mass is 16.2. The van der Waals surface area contributed by atoms with Crippen LogP contribution in [0.2, 0.25) is 0 Å². The number of anilines is 1. The average molecular weight is 522 g/mol. The van der Waals surface area contributed by atoms with E-state index in [0.29, 0.717) is 12.1 Å². The van der Waals surface area contributed by atoms with Crippen LogP contribution in [0.15, 0.2) is 84.9 Å². The zero-order valence-corrected chi connectivity index (χ0v) is 22.3. The molecule has 1 N–H and O–H groups in total. The van der Waals surface area contributed by atoms with Gasteiger partial charge >= 0.3 is 0 Å². The van der Waals surface area contributed by atoms with E-state index < -0.39 is 0 Å². The molecule has 6 rings (SSSR count). The van der Waals surface area contributed by atoms with Crippen molar-refractivity contribution in [3.05, 3.63) is 102 Å². The molecular weight excluding hydrogens is 486 g/mol. The van der Waals surface area contributed by atoms with Gasteiger partial charge in [0, 0.05) is 36.7 Å². The van der Waals surface area contributed by atoms with E-state index in [1.165, 1.54) is 0 Å². The number of hydrogen-bond donors (Lipinski definition) is 1. The van der Waals surface area contributed by atoms with Gasteiger partial charge in [-0.2, -0.15) is 0 Å². The van der Waals surface area contributed by atoms with Crippen LogP contribution >= 0.6 is 0 Å². The van der Waals surface area contributed by atoms with Gasteiger partial charge in [-0.15, -0.1) is 0 Å². The lowest BCUT2D eigenvalue weighted by atomic mass is 9.78. The summed E-state index contributed by atoms with van der Waals surface area (Å²) >= 11 is 0. The summed E-state index contributed by atoms with van der Waals surface area (Å²) < 4.78 is 0. The third-order valence-electron chi connectivity index (χ3n) is 8.84. The number of hydrogen-bond acceptors (Lipinski definition) is 3. The standard InChI is InChI=1S/C33H35N3O3/c1-22(37)36-29-19-11-9-17-26(29)31-27(30(36)23-12-4-2-5-13-23)20-21-35(31)33(39)25-16-8-10-18-28(25)34-32(38)24-14-6-3-7-15-24/h2-7,9,11-15,17,19,25,27-28,30-31H,8,10,16,18,20-21H2,1H3,(H,34,38)/t25-,27-,28+,30-,31-/m0/s1. The predicted octanol–water partition coefficient (Wildman–Crippen LogP) is 5.67. The Morgan fingerprint density at radius 3 is 2.18 bits per heavy atom. The fourth-order valence-electron chi connectivity index (χ4n) is 7.16. The summed E-state index contributed by atoms with van der Waals surface area (Å²) in [5.41, 5.74) is 3.64. The zero-order valence-electron chi connectivity index (χ0n) is 22.3. The largest absolute Gasteiger partial charge is 0.349 e. The van der Waals surface area contributed by atoms with Crippen molar-refractivity contribution in [3.63, 3.8) is 0 Å². The summed E-state index contributed by atoms with van der Waals surface area (Å²) in [6.07, 6.45) is 4.38. The number of para-hydroxylation sites is 1. The Labute approximate surface area is 230 Å². The smallest absolute Gasteiger partial charge is 0.251 e. The van der Waals surface area contributed by atoms with Gasteiger partial charge in [0.05, 0.1) is 18.0 Å². The van der Waals surface area contributed by atoms with Crippen molar-refractivity contribution < 1.29 is 14.4 Å². The first-order valence-electron chi connectivity index (χ1n) is 14.1. The average Bonchev–Trinajstić information content (AvgIpc) is 3.42. The van der Waals surface area contributed by atoms with Crippen LogP contribution in [0.4, 0.5) is 5.69 Å². The molecule has 1 aliphatic carbocycles. The molecule has 3 aliphatic rings. The van der Waals surface area contributed by atoms with E-state index in [-0.39, 0.29) is 47.7 Å². The second-order valence-corrected chi connectivity index (χ2v) is 11.1. The second kappa shape index (κ2) is 10.7. The molecule has 1 saturated carbocycles. The number of amides is 3. The maximum Gasteiger partial charge on any atom is 0.251 e. The molecule has 2 aliphatic heterocycles. The van der Waals surface area contributed by atoms with Crippen molar-refractivity contribution >= 4 is 23.4 Å². The van der Waals surface area contributed by atoms with Gasteiger partial charge in [0.25, 0.3) is 5.91 Å². The summed E-state index contributed by atoms with van der Waals surface area (Å²) in [7, 11) is 0. The van der Waals surface area contributed by atoms with E-state index in [9.17, 15) is 14.4 Å². The third kappa shape index (κ3) is 4.62. The number of nitrogens with zero attached hydrogens (tertiary/aromatic N) is 2. The molecule has 1 saturated heterocycles. The number of carbonyl (C=O) groups is 3. The van der Waals surface area contributed by atoms with E-state index in [2.05, 4.69) is 28.4 Å². The van der Waals surface area contributed by atoms with Crippen LogP contribution in [-0.4, -0.2) is 35.2 Å². The molecule has 6 nitrogen and oxygen atoms in total. The Bertz CT molecular complexity index is 1360. The summed E-state index contributed by atoms with van der Waals surface area (Å²) in [6, 6.07) is 27.1. The SMILES string of the molecule is CC(=O)N1c2ccccc2[C@H]2[C@@H](CCN2C(=O)[C@H]2CCCC[C@H]2NC(=O)c2ccccc2)[C@@H]1c1ccccc1. The molecular formula is C33H35N3O3. The molecule has 5 atom stereocenters. The molecule has 0 unspecified atom stereocenters. The van der Waals surface area contributed by atoms with E-state index in [1.54, 1.807) is 6.92 Å². The van der Waals surface area contributed by atoms with Crippen molar-refractivity contribution in [1.29, 1.82) is 0 Å². The number of benzene rings is 3. The molecule has 6 heteroatoms. The normalized spacial score (nSPS) is 25.9. The fourth-order valence-corrected chi connectivity index (χ4v) is 7.16. The van der Waals surface area contributed by atoms with Crippen molar-refractivity contribution in [3.8, 4) is 0 Å². The number of fused-ring (bicyclic) bond motifs is 3. The highest BCUT2D eigenvalue weighted by Gasteiger charge is 2.51. The quantitative estimate of drug-likeness (QED) is 0.481. The lowest BCUT2D eigenvalue weighted by molar-refractivity contribution is -0.139. The molecule has 2 heterocycles. The highest BCUT2D eigenvalue weighted by Crippen LogP contribution is 2.54. The Morgan fingerprint density at radius 2 is 1.44 bits per heavy atom. The topological polar surface area (TPSA) is 69.7 Å². The molecule has 0 radical (unpaired) electrons. The number of rotatable bonds is 4.